The van der Waals surface area contributed by atoms with Crippen LogP contribution < -0.4 is 0 Å². The normalized spacial score (nSPS) is 11.4. The Kier molecular flexibility index (Phi) is 16.5. The lowest BCUT2D eigenvalue weighted by Gasteiger charge is -2.08. The van der Waals surface area contributed by atoms with Crippen LogP contribution in [0.25, 0.3) is 0 Å². The topological polar surface area (TPSA) is 116 Å². The van der Waals surface area contributed by atoms with E-state index in [2.05, 4.69) is 6.58 Å². The van der Waals surface area contributed by atoms with Gasteiger partial charge in [-0.1, -0.05) is 24.8 Å². The Morgan fingerprint density at radius 3 is 1.53 bits per heavy atom. The summed E-state index contributed by atoms with van der Waals surface area (Å²) >= 11 is 0. The van der Waals surface area contributed by atoms with Gasteiger partial charge in [0.2, 0.25) is 0 Å². The van der Waals surface area contributed by atoms with Gasteiger partial charge in [0.15, 0.2) is 0 Å². The lowest BCUT2D eigenvalue weighted by molar-refractivity contribution is -0.139. The number of hydrogen-bond donors (Lipinski definition) is 0. The van der Waals surface area contributed by atoms with Gasteiger partial charge in [-0.3, -0.25) is 4.18 Å². The van der Waals surface area contributed by atoms with Crippen molar-refractivity contribution in [1.82, 2.24) is 0 Å². The molecule has 0 atom stereocenters. The Morgan fingerprint density at radius 2 is 1.09 bits per heavy atom. The zero-order valence-corrected chi connectivity index (χ0v) is 19.0. The number of rotatable bonds is 21. The fraction of sp³-hybridized carbons (Fsp3) is 0.571. The Balaban J connectivity index is 1.78. The molecule has 0 fully saturated rings. The van der Waals surface area contributed by atoms with Crippen molar-refractivity contribution >= 4 is 16.1 Å². The van der Waals surface area contributed by atoms with Gasteiger partial charge in [0, 0.05) is 6.08 Å². The summed E-state index contributed by atoms with van der Waals surface area (Å²) in [6.45, 7) is 7.08. The first-order chi connectivity index (χ1) is 15.6. The van der Waals surface area contributed by atoms with E-state index in [1.807, 2.05) is 0 Å². The molecule has 11 heteroatoms. The van der Waals surface area contributed by atoms with Crippen LogP contribution in [0, 0.1) is 0 Å². The van der Waals surface area contributed by atoms with Crippen LogP contribution in [0.4, 0.5) is 0 Å². The average Bonchev–Trinajstić information content (AvgIpc) is 2.80. The first kappa shape index (κ1) is 28.2. The Labute approximate surface area is 189 Å². The van der Waals surface area contributed by atoms with E-state index in [-0.39, 0.29) is 24.7 Å². The third-order valence-electron chi connectivity index (χ3n) is 3.62. The predicted molar refractivity (Wildman–Crippen MR) is 115 cm³/mol. The van der Waals surface area contributed by atoms with E-state index >= 15 is 0 Å². The molecule has 0 unspecified atom stereocenters. The Hall–Kier alpha value is -1.86. The van der Waals surface area contributed by atoms with E-state index in [0.29, 0.717) is 59.5 Å². The summed E-state index contributed by atoms with van der Waals surface area (Å²) in [5.74, 6) is -0.472. The first-order valence-electron chi connectivity index (χ1n) is 10.2. The lowest BCUT2D eigenvalue weighted by Crippen LogP contribution is -2.15. The molecule has 32 heavy (non-hydrogen) atoms. The van der Waals surface area contributed by atoms with Gasteiger partial charge >= 0.3 is 5.97 Å². The van der Waals surface area contributed by atoms with E-state index < -0.39 is 16.1 Å². The fourth-order valence-corrected chi connectivity index (χ4v) is 3.01. The van der Waals surface area contributed by atoms with Crippen molar-refractivity contribution in [3.63, 3.8) is 0 Å². The van der Waals surface area contributed by atoms with Crippen molar-refractivity contribution in [3.05, 3.63) is 43.0 Å². The van der Waals surface area contributed by atoms with Gasteiger partial charge in [-0.05, 0) is 12.1 Å². The molecule has 0 saturated heterocycles. The minimum absolute atomic E-state index is 0.0614. The van der Waals surface area contributed by atoms with Gasteiger partial charge in [0.1, 0.15) is 6.61 Å². The molecule has 1 rings (SSSR count). The van der Waals surface area contributed by atoms with Gasteiger partial charge in [0.05, 0.1) is 77.6 Å². The smallest absolute Gasteiger partial charge is 0.330 e. The fourth-order valence-electron chi connectivity index (χ4n) is 2.10. The Bertz CT molecular complexity index is 709. The van der Waals surface area contributed by atoms with Gasteiger partial charge in [-0.2, -0.15) is 8.42 Å². The Morgan fingerprint density at radius 1 is 0.688 bits per heavy atom. The molecule has 0 aliphatic carbocycles. The molecule has 0 aliphatic rings. The van der Waals surface area contributed by atoms with Crippen LogP contribution in [0.3, 0.4) is 0 Å². The lowest BCUT2D eigenvalue weighted by atomic mass is 10.4. The van der Waals surface area contributed by atoms with Crippen LogP contribution in [-0.4, -0.2) is 93.7 Å². The summed E-state index contributed by atoms with van der Waals surface area (Å²) in [6, 6.07) is 7.94. The summed E-state index contributed by atoms with van der Waals surface area (Å²) in [5, 5.41) is 0. The molecule has 0 amide bonds. The number of carbonyl (C=O) groups is 1. The average molecular weight is 477 g/mol. The van der Waals surface area contributed by atoms with E-state index in [4.69, 9.17) is 32.6 Å². The van der Waals surface area contributed by atoms with E-state index in [9.17, 15) is 13.2 Å². The van der Waals surface area contributed by atoms with Crippen LogP contribution in [-0.2, 0) is 47.5 Å². The number of esters is 1. The molecule has 0 radical (unpaired) electrons. The molecule has 1 aromatic rings. The van der Waals surface area contributed by atoms with Crippen LogP contribution in [0.5, 0.6) is 0 Å². The summed E-state index contributed by atoms with van der Waals surface area (Å²) in [7, 11) is -3.75. The minimum Gasteiger partial charge on any atom is -0.460 e. The van der Waals surface area contributed by atoms with Crippen LogP contribution in [0.1, 0.15) is 0 Å². The zero-order valence-electron chi connectivity index (χ0n) is 18.1. The van der Waals surface area contributed by atoms with Crippen molar-refractivity contribution in [1.29, 1.82) is 0 Å². The zero-order chi connectivity index (χ0) is 23.3. The summed E-state index contributed by atoms with van der Waals surface area (Å²) in [4.78, 5) is 10.9. The molecule has 0 bridgehead atoms. The van der Waals surface area contributed by atoms with Crippen molar-refractivity contribution in [2.24, 2.45) is 0 Å². The predicted octanol–water partition coefficient (Wildman–Crippen LogP) is 1.20. The van der Waals surface area contributed by atoms with E-state index in [1.54, 1.807) is 18.2 Å². The van der Waals surface area contributed by atoms with Crippen molar-refractivity contribution in [2.45, 2.75) is 4.90 Å². The number of benzene rings is 1. The molecule has 0 spiro atoms. The summed E-state index contributed by atoms with van der Waals surface area (Å²) < 4.78 is 60.0. The third kappa shape index (κ3) is 15.0. The second-order valence-corrected chi connectivity index (χ2v) is 7.64. The van der Waals surface area contributed by atoms with Crippen molar-refractivity contribution in [2.75, 3.05) is 79.3 Å². The molecule has 0 aromatic heterocycles. The van der Waals surface area contributed by atoms with Crippen LogP contribution in [0.2, 0.25) is 0 Å². The molecule has 182 valence electrons. The van der Waals surface area contributed by atoms with Gasteiger partial charge in [-0.15, -0.1) is 0 Å². The second-order valence-electron chi connectivity index (χ2n) is 6.02. The maximum atomic E-state index is 11.9. The monoisotopic (exact) mass is 476 g/mol. The highest BCUT2D eigenvalue weighted by atomic mass is 32.2. The standard InChI is InChI=1S/C21H32O10S/c1-2-21(22)30-18-16-28-14-12-26-10-8-25-9-11-27-13-15-29-17-19-31-32(23,24)20-6-4-3-5-7-20/h2-7H,1,8-19H2. The molecule has 0 heterocycles. The SMILES string of the molecule is C=CC(=O)OCCOCCOCCOCCOCCOCCOS(=O)(=O)c1ccccc1. The summed E-state index contributed by atoms with van der Waals surface area (Å²) in [5.41, 5.74) is 0. The third-order valence-corrected chi connectivity index (χ3v) is 4.95. The quantitative estimate of drug-likeness (QED) is 0.111. The molecule has 10 nitrogen and oxygen atoms in total. The molecular weight excluding hydrogens is 444 g/mol. The first-order valence-corrected chi connectivity index (χ1v) is 11.6. The van der Waals surface area contributed by atoms with Crippen molar-refractivity contribution < 1.29 is 45.8 Å². The van der Waals surface area contributed by atoms with E-state index in [0.717, 1.165) is 6.08 Å². The number of ether oxygens (including phenoxy) is 6. The molecular formula is C21H32O10S. The number of carbonyl (C=O) groups excluding carboxylic acids is 1. The largest absolute Gasteiger partial charge is 0.460 e. The second kappa shape index (κ2) is 18.7. The highest BCUT2D eigenvalue weighted by molar-refractivity contribution is 7.86. The maximum Gasteiger partial charge on any atom is 0.330 e. The van der Waals surface area contributed by atoms with Gasteiger partial charge in [0.25, 0.3) is 10.1 Å². The molecule has 0 N–H and O–H groups in total. The molecule has 0 saturated carbocycles. The minimum atomic E-state index is -3.75. The van der Waals surface area contributed by atoms with Crippen LogP contribution >= 0.6 is 0 Å². The van der Waals surface area contributed by atoms with Gasteiger partial charge < -0.3 is 28.4 Å². The van der Waals surface area contributed by atoms with E-state index in [1.165, 1.54) is 12.1 Å². The highest BCUT2D eigenvalue weighted by Crippen LogP contribution is 2.10. The summed E-state index contributed by atoms with van der Waals surface area (Å²) in [6.07, 6.45) is 1.10. The molecule has 1 aromatic carbocycles. The maximum absolute atomic E-state index is 11.9. The number of hydrogen-bond acceptors (Lipinski definition) is 10. The molecule has 0 aliphatic heterocycles. The highest BCUT2D eigenvalue weighted by Gasteiger charge is 2.13. The van der Waals surface area contributed by atoms with Gasteiger partial charge in [-0.25, -0.2) is 4.79 Å². The van der Waals surface area contributed by atoms with Crippen LogP contribution in [0.15, 0.2) is 47.9 Å². The van der Waals surface area contributed by atoms with Crippen molar-refractivity contribution in [3.8, 4) is 0 Å².